The molecule has 0 aromatic heterocycles. The molecule has 2 aliphatic heterocycles. The van der Waals surface area contributed by atoms with Gasteiger partial charge in [0.25, 0.3) is 5.91 Å². The van der Waals surface area contributed by atoms with Crippen molar-refractivity contribution in [3.63, 3.8) is 0 Å². The lowest BCUT2D eigenvalue weighted by atomic mass is 9.94. The van der Waals surface area contributed by atoms with E-state index in [9.17, 15) is 9.18 Å². The molecule has 1 aromatic carbocycles. The summed E-state index contributed by atoms with van der Waals surface area (Å²) in [5, 5.41) is 3.46. The molecule has 0 spiro atoms. The number of rotatable bonds is 1. The maximum atomic E-state index is 13.1. The van der Waals surface area contributed by atoms with E-state index in [1.54, 1.807) is 12.1 Å². The van der Waals surface area contributed by atoms with Crippen LogP contribution in [0.2, 0.25) is 0 Å². The second-order valence-corrected chi connectivity index (χ2v) is 5.18. The number of carbonyl (C=O) groups excluding carboxylic acids is 1. The number of nitrogens with zero attached hydrogens (tertiary/aromatic N) is 1. The zero-order valence-electron chi connectivity index (χ0n) is 10.2. The number of hydrogen-bond acceptors (Lipinski definition) is 2. The van der Waals surface area contributed by atoms with Crippen LogP contribution >= 0.6 is 0 Å². The first-order valence-corrected chi connectivity index (χ1v) is 6.52. The lowest BCUT2D eigenvalue weighted by Gasteiger charge is -2.24. The van der Waals surface area contributed by atoms with Gasteiger partial charge in [-0.2, -0.15) is 0 Å². The Labute approximate surface area is 106 Å². The van der Waals surface area contributed by atoms with Gasteiger partial charge in [0.05, 0.1) is 0 Å². The summed E-state index contributed by atoms with van der Waals surface area (Å²) >= 11 is 0. The predicted octanol–water partition coefficient (Wildman–Crippen LogP) is 1.65. The van der Waals surface area contributed by atoms with Crippen LogP contribution in [0.5, 0.6) is 0 Å². The molecule has 3 rings (SSSR count). The smallest absolute Gasteiger partial charge is 0.254 e. The van der Waals surface area contributed by atoms with Gasteiger partial charge in [-0.25, -0.2) is 4.39 Å². The summed E-state index contributed by atoms with van der Waals surface area (Å²) < 4.78 is 13.1. The van der Waals surface area contributed by atoms with Gasteiger partial charge in [0.15, 0.2) is 0 Å². The molecule has 2 atom stereocenters. The minimum absolute atomic E-state index is 0.0503. The van der Waals surface area contributed by atoms with Crippen molar-refractivity contribution in [1.82, 2.24) is 10.2 Å². The van der Waals surface area contributed by atoms with Crippen molar-refractivity contribution in [3.05, 3.63) is 35.6 Å². The topological polar surface area (TPSA) is 32.3 Å². The van der Waals surface area contributed by atoms with Crippen molar-refractivity contribution in [2.75, 3.05) is 19.6 Å². The minimum atomic E-state index is -0.351. The molecule has 0 saturated carbocycles. The number of halogens is 1. The van der Waals surface area contributed by atoms with Crippen molar-refractivity contribution < 1.29 is 9.18 Å². The molecule has 1 N–H and O–H groups in total. The Kier molecular flexibility index (Phi) is 3.04. The molecule has 1 aromatic rings. The van der Waals surface area contributed by atoms with Crippen LogP contribution in [-0.2, 0) is 0 Å². The van der Waals surface area contributed by atoms with E-state index in [1.165, 1.54) is 25.0 Å². The molecule has 3 nitrogen and oxygen atoms in total. The van der Waals surface area contributed by atoms with Gasteiger partial charge >= 0.3 is 0 Å². The van der Waals surface area contributed by atoms with E-state index < -0.39 is 0 Å². The van der Waals surface area contributed by atoms with E-state index >= 15 is 0 Å². The van der Waals surface area contributed by atoms with Gasteiger partial charge in [-0.15, -0.1) is 0 Å². The quantitative estimate of drug-likeness (QED) is 0.819. The predicted molar refractivity (Wildman–Crippen MR) is 66.8 cm³/mol. The average molecular weight is 248 g/mol. The highest BCUT2D eigenvalue weighted by atomic mass is 19.1. The number of carbonyl (C=O) groups is 1. The largest absolute Gasteiger partial charge is 0.337 e. The standard InChI is InChI=1S/C14H17FN2O/c15-12-5-1-3-10(7-12)14(18)17-8-11-4-2-6-16-13(11)9-17/h1,3,5,7,11,13,16H,2,4,6,8-9H2. The Morgan fingerprint density at radius 3 is 3.06 bits per heavy atom. The fourth-order valence-electron chi connectivity index (χ4n) is 3.02. The van der Waals surface area contributed by atoms with Crippen LogP contribution in [0.3, 0.4) is 0 Å². The second-order valence-electron chi connectivity index (χ2n) is 5.18. The maximum Gasteiger partial charge on any atom is 0.254 e. The van der Waals surface area contributed by atoms with Gasteiger partial charge in [0.1, 0.15) is 5.82 Å². The van der Waals surface area contributed by atoms with Crippen LogP contribution < -0.4 is 5.32 Å². The molecular weight excluding hydrogens is 231 g/mol. The van der Waals surface area contributed by atoms with Crippen LogP contribution in [0.25, 0.3) is 0 Å². The Hall–Kier alpha value is -1.42. The molecule has 2 unspecified atom stereocenters. The third kappa shape index (κ3) is 2.12. The van der Waals surface area contributed by atoms with Crippen LogP contribution in [-0.4, -0.2) is 36.5 Å². The van der Waals surface area contributed by atoms with Gasteiger partial charge in [-0.05, 0) is 43.5 Å². The fourth-order valence-corrected chi connectivity index (χ4v) is 3.02. The number of likely N-dealkylation sites (tertiary alicyclic amines) is 1. The van der Waals surface area contributed by atoms with Crippen molar-refractivity contribution in [2.24, 2.45) is 5.92 Å². The summed E-state index contributed by atoms with van der Waals surface area (Å²) in [6, 6.07) is 6.38. The summed E-state index contributed by atoms with van der Waals surface area (Å²) in [5.41, 5.74) is 0.452. The zero-order chi connectivity index (χ0) is 12.5. The second kappa shape index (κ2) is 4.69. The molecule has 0 bridgehead atoms. The molecule has 0 aliphatic carbocycles. The van der Waals surface area contributed by atoms with E-state index in [1.807, 2.05) is 4.90 Å². The summed E-state index contributed by atoms with van der Waals surface area (Å²) in [6.07, 6.45) is 2.37. The Bertz CT molecular complexity index is 449. The molecule has 2 aliphatic rings. The van der Waals surface area contributed by atoms with E-state index in [2.05, 4.69) is 5.32 Å². The molecule has 2 heterocycles. The molecule has 18 heavy (non-hydrogen) atoms. The Morgan fingerprint density at radius 2 is 2.28 bits per heavy atom. The van der Waals surface area contributed by atoms with E-state index in [-0.39, 0.29) is 11.7 Å². The molecular formula is C14H17FN2O. The van der Waals surface area contributed by atoms with Gasteiger partial charge in [-0.3, -0.25) is 4.79 Å². The number of amides is 1. The monoisotopic (exact) mass is 248 g/mol. The number of nitrogens with one attached hydrogen (secondary N) is 1. The number of fused-ring (bicyclic) bond motifs is 1. The third-order valence-electron chi connectivity index (χ3n) is 3.96. The molecule has 2 fully saturated rings. The van der Waals surface area contributed by atoms with Crippen LogP contribution in [0.15, 0.2) is 24.3 Å². The first-order chi connectivity index (χ1) is 8.74. The maximum absolute atomic E-state index is 13.1. The van der Waals surface area contributed by atoms with Crippen molar-refractivity contribution >= 4 is 5.91 Å². The fraction of sp³-hybridized carbons (Fsp3) is 0.500. The first kappa shape index (κ1) is 11.7. The van der Waals surface area contributed by atoms with Crippen molar-refractivity contribution in [1.29, 1.82) is 0 Å². The van der Waals surface area contributed by atoms with E-state index in [0.29, 0.717) is 17.5 Å². The van der Waals surface area contributed by atoms with Gasteiger partial charge < -0.3 is 10.2 Å². The molecule has 4 heteroatoms. The highest BCUT2D eigenvalue weighted by Crippen LogP contribution is 2.26. The summed E-state index contributed by atoms with van der Waals surface area (Å²) in [6.45, 7) is 2.59. The lowest BCUT2D eigenvalue weighted by Crippen LogP contribution is -2.41. The lowest BCUT2D eigenvalue weighted by molar-refractivity contribution is 0.0785. The molecule has 0 radical (unpaired) electrons. The molecule has 2 saturated heterocycles. The highest BCUT2D eigenvalue weighted by molar-refractivity contribution is 5.94. The van der Waals surface area contributed by atoms with Crippen LogP contribution in [0.1, 0.15) is 23.2 Å². The summed E-state index contributed by atoms with van der Waals surface area (Å²) in [7, 11) is 0. The average Bonchev–Trinajstić information content (AvgIpc) is 2.81. The molecule has 1 amide bonds. The number of piperidine rings is 1. The first-order valence-electron chi connectivity index (χ1n) is 6.52. The van der Waals surface area contributed by atoms with Crippen LogP contribution in [0.4, 0.5) is 4.39 Å². The van der Waals surface area contributed by atoms with Gasteiger partial charge in [0, 0.05) is 24.7 Å². The summed E-state index contributed by atoms with van der Waals surface area (Å²) in [4.78, 5) is 14.1. The minimum Gasteiger partial charge on any atom is -0.337 e. The highest BCUT2D eigenvalue weighted by Gasteiger charge is 2.36. The Morgan fingerprint density at radius 1 is 1.39 bits per heavy atom. The van der Waals surface area contributed by atoms with Gasteiger partial charge in [0.2, 0.25) is 0 Å². The van der Waals surface area contributed by atoms with E-state index in [0.717, 1.165) is 19.6 Å². The number of hydrogen-bond donors (Lipinski definition) is 1. The van der Waals surface area contributed by atoms with Crippen molar-refractivity contribution in [2.45, 2.75) is 18.9 Å². The van der Waals surface area contributed by atoms with Gasteiger partial charge in [-0.1, -0.05) is 6.07 Å². The normalized spacial score (nSPS) is 27.1. The van der Waals surface area contributed by atoms with E-state index in [4.69, 9.17) is 0 Å². The van der Waals surface area contributed by atoms with Crippen LogP contribution in [0, 0.1) is 11.7 Å². The molecule has 96 valence electrons. The zero-order valence-corrected chi connectivity index (χ0v) is 10.2. The third-order valence-corrected chi connectivity index (χ3v) is 3.96. The SMILES string of the molecule is O=C(c1cccc(F)c1)N1CC2CCCNC2C1. The summed E-state index contributed by atoms with van der Waals surface area (Å²) in [5.74, 6) is 0.164. The van der Waals surface area contributed by atoms with Crippen molar-refractivity contribution in [3.8, 4) is 0 Å². The number of benzene rings is 1. The Balaban J connectivity index is 1.74.